The summed E-state index contributed by atoms with van der Waals surface area (Å²) < 4.78 is 5.45. The zero-order chi connectivity index (χ0) is 16.9. The monoisotopic (exact) mass is 324 g/mol. The van der Waals surface area contributed by atoms with Crippen LogP contribution in [0.3, 0.4) is 0 Å². The summed E-state index contributed by atoms with van der Waals surface area (Å²) in [6.45, 7) is 10.2. The molecule has 0 aliphatic heterocycles. The van der Waals surface area contributed by atoms with Crippen molar-refractivity contribution in [1.82, 2.24) is 10.2 Å². The third-order valence-electron chi connectivity index (χ3n) is 5.07. The highest BCUT2D eigenvalue weighted by atomic mass is 16.6. The lowest BCUT2D eigenvalue weighted by molar-refractivity contribution is 0.0258. The van der Waals surface area contributed by atoms with E-state index in [9.17, 15) is 4.79 Å². The number of ether oxygens (including phenoxy) is 1. The summed E-state index contributed by atoms with van der Waals surface area (Å²) in [5.41, 5.74) is -0.414. The quantitative estimate of drug-likeness (QED) is 0.714. The van der Waals surface area contributed by atoms with Gasteiger partial charge in [0.15, 0.2) is 0 Å². The summed E-state index contributed by atoms with van der Waals surface area (Å²) in [7, 11) is 0. The third kappa shape index (κ3) is 6.70. The maximum absolute atomic E-state index is 12.1. The number of carbonyl (C=O) groups is 1. The predicted molar refractivity (Wildman–Crippen MR) is 94.6 cm³/mol. The van der Waals surface area contributed by atoms with Gasteiger partial charge in [0.25, 0.3) is 0 Å². The van der Waals surface area contributed by atoms with Gasteiger partial charge in [-0.3, -0.25) is 0 Å². The van der Waals surface area contributed by atoms with Crippen LogP contribution in [0.15, 0.2) is 0 Å². The van der Waals surface area contributed by atoms with Crippen molar-refractivity contribution in [2.24, 2.45) is 11.8 Å². The molecule has 0 aromatic heterocycles. The van der Waals surface area contributed by atoms with Crippen LogP contribution in [-0.4, -0.2) is 42.3 Å². The average Bonchev–Trinajstić information content (AvgIpc) is 3.30. The number of nitrogens with zero attached hydrogens (tertiary/aromatic N) is 1. The Balaban J connectivity index is 1.62. The zero-order valence-electron chi connectivity index (χ0n) is 15.6. The van der Waals surface area contributed by atoms with Gasteiger partial charge in [-0.15, -0.1) is 0 Å². The fourth-order valence-electron chi connectivity index (χ4n) is 3.69. The summed E-state index contributed by atoms with van der Waals surface area (Å²) in [5.74, 6) is 2.03. The van der Waals surface area contributed by atoms with Crippen LogP contribution in [0.5, 0.6) is 0 Å². The van der Waals surface area contributed by atoms with Crippen molar-refractivity contribution in [3.05, 3.63) is 0 Å². The molecule has 2 fully saturated rings. The van der Waals surface area contributed by atoms with Crippen LogP contribution >= 0.6 is 0 Å². The molecule has 0 saturated heterocycles. The number of carbonyl (C=O) groups excluding carboxylic acids is 1. The van der Waals surface area contributed by atoms with Crippen LogP contribution in [-0.2, 0) is 4.74 Å². The summed E-state index contributed by atoms with van der Waals surface area (Å²) >= 11 is 0. The highest BCUT2D eigenvalue weighted by Crippen LogP contribution is 2.43. The normalized spacial score (nSPS) is 25.2. The molecule has 4 nitrogen and oxygen atoms in total. The molecule has 2 atom stereocenters. The van der Waals surface area contributed by atoms with E-state index in [0.717, 1.165) is 31.3 Å². The zero-order valence-corrected chi connectivity index (χ0v) is 15.6. The number of nitrogens with one attached hydrogen (secondary N) is 1. The molecule has 1 N–H and O–H groups in total. The molecule has 0 spiro atoms. The van der Waals surface area contributed by atoms with Crippen molar-refractivity contribution in [3.8, 4) is 0 Å². The number of rotatable bonds is 7. The minimum absolute atomic E-state index is 0.188. The van der Waals surface area contributed by atoms with E-state index in [-0.39, 0.29) is 6.09 Å². The molecule has 23 heavy (non-hydrogen) atoms. The number of amides is 1. The van der Waals surface area contributed by atoms with Crippen molar-refractivity contribution in [3.63, 3.8) is 0 Å². The number of hydrogen-bond acceptors (Lipinski definition) is 3. The molecule has 2 saturated carbocycles. The van der Waals surface area contributed by atoms with E-state index in [1.54, 1.807) is 4.90 Å². The van der Waals surface area contributed by atoms with Gasteiger partial charge in [-0.05, 0) is 78.2 Å². The van der Waals surface area contributed by atoms with E-state index in [0.29, 0.717) is 12.6 Å². The molecular formula is C19H36N2O2. The molecule has 0 aromatic rings. The maximum Gasteiger partial charge on any atom is 0.410 e. The first-order chi connectivity index (χ1) is 10.9. The van der Waals surface area contributed by atoms with Crippen LogP contribution in [0, 0.1) is 11.8 Å². The van der Waals surface area contributed by atoms with Gasteiger partial charge in [0.1, 0.15) is 5.60 Å². The Morgan fingerprint density at radius 1 is 1.17 bits per heavy atom. The lowest BCUT2D eigenvalue weighted by Crippen LogP contribution is -2.39. The van der Waals surface area contributed by atoms with Crippen molar-refractivity contribution in [2.75, 3.05) is 19.6 Å². The summed E-state index contributed by atoms with van der Waals surface area (Å²) in [4.78, 5) is 13.9. The first-order valence-electron chi connectivity index (χ1n) is 9.60. The lowest BCUT2D eigenvalue weighted by atomic mass is 9.83. The molecule has 2 aliphatic rings. The van der Waals surface area contributed by atoms with Gasteiger partial charge < -0.3 is 15.0 Å². The van der Waals surface area contributed by atoms with Gasteiger partial charge in [0.05, 0.1) is 0 Å². The van der Waals surface area contributed by atoms with Gasteiger partial charge in [-0.1, -0.05) is 12.8 Å². The minimum Gasteiger partial charge on any atom is -0.444 e. The fourth-order valence-corrected chi connectivity index (χ4v) is 3.69. The molecule has 0 bridgehead atoms. The van der Waals surface area contributed by atoms with Crippen LogP contribution in [0.2, 0.25) is 0 Å². The van der Waals surface area contributed by atoms with Crippen molar-refractivity contribution < 1.29 is 9.53 Å². The van der Waals surface area contributed by atoms with E-state index in [4.69, 9.17) is 4.74 Å². The molecule has 1 amide bonds. The third-order valence-corrected chi connectivity index (χ3v) is 5.07. The fraction of sp³-hybridized carbons (Fsp3) is 0.947. The molecule has 2 rings (SSSR count). The Hall–Kier alpha value is -0.770. The molecule has 2 aliphatic carbocycles. The van der Waals surface area contributed by atoms with Gasteiger partial charge in [-0.25, -0.2) is 4.79 Å². The first-order valence-corrected chi connectivity index (χ1v) is 9.60. The topological polar surface area (TPSA) is 41.6 Å². The lowest BCUT2D eigenvalue weighted by Gasteiger charge is -2.30. The molecule has 0 heterocycles. The van der Waals surface area contributed by atoms with Crippen LogP contribution in [0.25, 0.3) is 0 Å². The molecule has 0 radical (unpaired) electrons. The van der Waals surface area contributed by atoms with Crippen molar-refractivity contribution >= 4 is 6.09 Å². The van der Waals surface area contributed by atoms with E-state index < -0.39 is 5.60 Å². The number of hydrogen-bond donors (Lipinski definition) is 1. The highest BCUT2D eigenvalue weighted by Gasteiger charge is 2.34. The Morgan fingerprint density at radius 3 is 2.52 bits per heavy atom. The molecule has 4 heteroatoms. The van der Waals surface area contributed by atoms with Gasteiger partial charge in [0.2, 0.25) is 0 Å². The second-order valence-corrected chi connectivity index (χ2v) is 8.33. The average molecular weight is 325 g/mol. The second-order valence-electron chi connectivity index (χ2n) is 8.33. The maximum atomic E-state index is 12.1. The summed E-state index contributed by atoms with van der Waals surface area (Å²) in [5, 5.41) is 3.72. The summed E-state index contributed by atoms with van der Waals surface area (Å²) in [6, 6.07) is 0.700. The standard InChI is InChI=1S/C19H36N2O2/c1-5-21(18(22)23-19(2,3)4)13-7-12-20-17-9-6-8-16(14-17)15-10-11-15/h15-17,20H,5-14H2,1-4H3. The Morgan fingerprint density at radius 2 is 1.91 bits per heavy atom. The van der Waals surface area contributed by atoms with E-state index in [1.807, 2.05) is 27.7 Å². The van der Waals surface area contributed by atoms with Gasteiger partial charge in [0, 0.05) is 19.1 Å². The Labute approximate surface area is 142 Å². The summed E-state index contributed by atoms with van der Waals surface area (Å²) in [6.07, 6.45) is 9.28. The van der Waals surface area contributed by atoms with E-state index >= 15 is 0 Å². The SMILES string of the molecule is CCN(CCCNC1CCCC(C2CC2)C1)C(=O)OC(C)(C)C. The van der Waals surface area contributed by atoms with Gasteiger partial charge >= 0.3 is 6.09 Å². The van der Waals surface area contributed by atoms with Crippen molar-refractivity contribution in [1.29, 1.82) is 0 Å². The predicted octanol–water partition coefficient (Wildman–Crippen LogP) is 4.19. The van der Waals surface area contributed by atoms with E-state index in [2.05, 4.69) is 5.32 Å². The van der Waals surface area contributed by atoms with E-state index in [1.165, 1.54) is 38.5 Å². The minimum atomic E-state index is -0.414. The smallest absolute Gasteiger partial charge is 0.410 e. The largest absolute Gasteiger partial charge is 0.444 e. The molecule has 2 unspecified atom stereocenters. The second kappa shape index (κ2) is 8.36. The molecule has 134 valence electrons. The van der Waals surface area contributed by atoms with Crippen molar-refractivity contribution in [2.45, 2.75) is 84.3 Å². The Bertz CT molecular complexity index is 374. The van der Waals surface area contributed by atoms with Crippen LogP contribution in [0.1, 0.15) is 72.6 Å². The Kier molecular flexibility index (Phi) is 6.75. The highest BCUT2D eigenvalue weighted by molar-refractivity contribution is 5.68. The van der Waals surface area contributed by atoms with Crippen LogP contribution < -0.4 is 5.32 Å². The molecule has 0 aromatic carbocycles. The molecular weight excluding hydrogens is 288 g/mol. The van der Waals surface area contributed by atoms with Crippen LogP contribution in [0.4, 0.5) is 4.79 Å². The van der Waals surface area contributed by atoms with Gasteiger partial charge in [-0.2, -0.15) is 0 Å². The first kappa shape index (κ1) is 18.6.